The largest absolute Gasteiger partial charge is 0.385 e. The highest BCUT2D eigenvalue weighted by Gasteiger charge is 1.86. The molecule has 0 saturated heterocycles. The molecule has 0 unspecified atom stereocenters. The van der Waals surface area contributed by atoms with Crippen LogP contribution < -0.4 is 11.1 Å². The Balaban J connectivity index is 2.28. The molecule has 1 aromatic carbocycles. The highest BCUT2D eigenvalue weighted by molar-refractivity contribution is 5.41. The molecule has 0 aliphatic carbocycles. The normalized spacial score (nSPS) is 9.55. The lowest BCUT2D eigenvalue weighted by Gasteiger charge is -2.03. The van der Waals surface area contributed by atoms with E-state index < -0.39 is 0 Å². The number of hydrogen-bond acceptors (Lipinski definition) is 2. The van der Waals surface area contributed by atoms with E-state index in [1.54, 1.807) is 0 Å². The number of benzene rings is 1. The minimum Gasteiger partial charge on any atom is -0.385 e. The van der Waals surface area contributed by atoms with Gasteiger partial charge in [0.05, 0.1) is 0 Å². The molecular formula is C9H13N2. The fourth-order valence-corrected chi connectivity index (χ4v) is 0.840. The van der Waals surface area contributed by atoms with Crippen molar-refractivity contribution in [3.05, 3.63) is 30.3 Å². The predicted molar refractivity (Wildman–Crippen MR) is 47.4 cm³/mol. The molecule has 1 radical (unpaired) electrons. The molecule has 11 heavy (non-hydrogen) atoms. The van der Waals surface area contributed by atoms with Crippen LogP contribution in [0.15, 0.2) is 24.3 Å². The third-order valence-electron chi connectivity index (χ3n) is 1.43. The van der Waals surface area contributed by atoms with E-state index in [0.717, 1.165) is 25.2 Å². The number of nitrogens with one attached hydrogen (secondary N) is 1. The highest BCUT2D eigenvalue weighted by atomic mass is 14.9. The average Bonchev–Trinajstić information content (AvgIpc) is 2.07. The maximum atomic E-state index is 5.35. The van der Waals surface area contributed by atoms with Crippen molar-refractivity contribution in [2.45, 2.75) is 6.42 Å². The summed E-state index contributed by atoms with van der Waals surface area (Å²) in [6.07, 6.45) is 1.01. The summed E-state index contributed by atoms with van der Waals surface area (Å²) in [4.78, 5) is 0. The molecular weight excluding hydrogens is 136 g/mol. The summed E-state index contributed by atoms with van der Waals surface area (Å²) in [5.41, 5.74) is 6.48. The summed E-state index contributed by atoms with van der Waals surface area (Å²) in [5, 5.41) is 3.25. The van der Waals surface area contributed by atoms with Crippen LogP contribution in [0.25, 0.3) is 0 Å². The molecule has 0 heterocycles. The number of hydrogen-bond donors (Lipinski definition) is 2. The zero-order chi connectivity index (χ0) is 7.94. The first kappa shape index (κ1) is 8.08. The Morgan fingerprint density at radius 2 is 2.09 bits per heavy atom. The van der Waals surface area contributed by atoms with Gasteiger partial charge in [-0.2, -0.15) is 0 Å². The van der Waals surface area contributed by atoms with E-state index >= 15 is 0 Å². The van der Waals surface area contributed by atoms with Crippen LogP contribution in [-0.4, -0.2) is 13.1 Å². The summed E-state index contributed by atoms with van der Waals surface area (Å²) in [7, 11) is 0. The van der Waals surface area contributed by atoms with Crippen LogP contribution in [0, 0.1) is 6.07 Å². The molecule has 2 nitrogen and oxygen atoms in total. The van der Waals surface area contributed by atoms with Crippen molar-refractivity contribution < 1.29 is 0 Å². The molecule has 0 aliphatic heterocycles. The molecule has 0 bridgehead atoms. The lowest BCUT2D eigenvalue weighted by molar-refractivity contribution is 0.874. The summed E-state index contributed by atoms with van der Waals surface area (Å²) in [5.74, 6) is 0. The van der Waals surface area contributed by atoms with Gasteiger partial charge in [-0.25, -0.2) is 0 Å². The maximum absolute atomic E-state index is 5.35. The number of anilines is 1. The second-order valence-electron chi connectivity index (χ2n) is 2.36. The fourth-order valence-electron chi connectivity index (χ4n) is 0.840. The molecule has 3 N–H and O–H groups in total. The first-order valence-corrected chi connectivity index (χ1v) is 3.83. The van der Waals surface area contributed by atoms with Gasteiger partial charge in [-0.15, -0.1) is 0 Å². The van der Waals surface area contributed by atoms with Crippen molar-refractivity contribution in [3.63, 3.8) is 0 Å². The molecule has 1 aromatic rings. The standard InChI is InChI=1S/C9H13N2/c10-7-4-8-11-9-5-2-1-3-6-9/h2-3,5-6,11H,4,7-8,10H2. The number of nitrogens with two attached hydrogens (primary N) is 1. The maximum Gasteiger partial charge on any atom is 0.0340 e. The van der Waals surface area contributed by atoms with Gasteiger partial charge in [0.15, 0.2) is 0 Å². The van der Waals surface area contributed by atoms with Crippen LogP contribution >= 0.6 is 0 Å². The quantitative estimate of drug-likeness (QED) is 0.632. The van der Waals surface area contributed by atoms with Crippen LogP contribution in [0.2, 0.25) is 0 Å². The van der Waals surface area contributed by atoms with Crippen LogP contribution in [0.5, 0.6) is 0 Å². The van der Waals surface area contributed by atoms with E-state index in [9.17, 15) is 0 Å². The Labute approximate surface area is 67.4 Å². The van der Waals surface area contributed by atoms with E-state index in [1.807, 2.05) is 24.3 Å². The Hall–Kier alpha value is -1.02. The van der Waals surface area contributed by atoms with E-state index in [1.165, 1.54) is 0 Å². The smallest absolute Gasteiger partial charge is 0.0340 e. The molecule has 0 amide bonds. The topological polar surface area (TPSA) is 38.0 Å². The summed E-state index contributed by atoms with van der Waals surface area (Å²) >= 11 is 0. The van der Waals surface area contributed by atoms with Crippen molar-refractivity contribution >= 4 is 5.69 Å². The lowest BCUT2D eigenvalue weighted by Crippen LogP contribution is -2.08. The summed E-state index contributed by atoms with van der Waals surface area (Å²) in [6.45, 7) is 1.69. The molecule has 0 fully saturated rings. The van der Waals surface area contributed by atoms with Crippen LogP contribution in [-0.2, 0) is 0 Å². The minimum atomic E-state index is 0.742. The average molecular weight is 149 g/mol. The van der Waals surface area contributed by atoms with Gasteiger partial charge in [-0.3, -0.25) is 0 Å². The molecule has 2 heteroatoms. The van der Waals surface area contributed by atoms with Crippen molar-refractivity contribution in [1.29, 1.82) is 0 Å². The van der Waals surface area contributed by atoms with Crippen molar-refractivity contribution in [2.75, 3.05) is 18.4 Å². The Morgan fingerprint density at radius 1 is 1.36 bits per heavy atom. The molecule has 0 aromatic heterocycles. The third kappa shape index (κ3) is 3.05. The van der Waals surface area contributed by atoms with Gasteiger partial charge in [0, 0.05) is 12.2 Å². The van der Waals surface area contributed by atoms with E-state index in [0.29, 0.717) is 0 Å². The molecule has 0 saturated carbocycles. The van der Waals surface area contributed by atoms with E-state index in [-0.39, 0.29) is 0 Å². The third-order valence-corrected chi connectivity index (χ3v) is 1.43. The van der Waals surface area contributed by atoms with Gasteiger partial charge in [-0.05, 0) is 31.2 Å². The first-order valence-electron chi connectivity index (χ1n) is 3.83. The second-order valence-corrected chi connectivity index (χ2v) is 2.36. The lowest BCUT2D eigenvalue weighted by atomic mass is 10.3. The van der Waals surface area contributed by atoms with Gasteiger partial charge < -0.3 is 11.1 Å². The van der Waals surface area contributed by atoms with Crippen molar-refractivity contribution in [1.82, 2.24) is 0 Å². The highest BCUT2D eigenvalue weighted by Crippen LogP contribution is 2.03. The van der Waals surface area contributed by atoms with Gasteiger partial charge in [0.1, 0.15) is 0 Å². The van der Waals surface area contributed by atoms with Gasteiger partial charge in [0.25, 0.3) is 0 Å². The van der Waals surface area contributed by atoms with Gasteiger partial charge in [-0.1, -0.05) is 12.1 Å². The molecule has 0 atom stereocenters. The van der Waals surface area contributed by atoms with Gasteiger partial charge >= 0.3 is 0 Å². The van der Waals surface area contributed by atoms with Crippen LogP contribution in [0.1, 0.15) is 6.42 Å². The second kappa shape index (κ2) is 4.74. The monoisotopic (exact) mass is 149 g/mol. The van der Waals surface area contributed by atoms with Crippen molar-refractivity contribution in [2.24, 2.45) is 5.73 Å². The van der Waals surface area contributed by atoms with Gasteiger partial charge in [0.2, 0.25) is 0 Å². The predicted octanol–water partition coefficient (Wildman–Crippen LogP) is 1.25. The van der Waals surface area contributed by atoms with E-state index in [4.69, 9.17) is 5.73 Å². The summed E-state index contributed by atoms with van der Waals surface area (Å²) in [6, 6.07) is 10.7. The zero-order valence-corrected chi connectivity index (χ0v) is 6.51. The molecule has 59 valence electrons. The Bertz CT molecular complexity index is 184. The minimum absolute atomic E-state index is 0.742. The molecule has 0 spiro atoms. The molecule has 1 rings (SSSR count). The summed E-state index contributed by atoms with van der Waals surface area (Å²) < 4.78 is 0. The van der Waals surface area contributed by atoms with Crippen LogP contribution in [0.3, 0.4) is 0 Å². The van der Waals surface area contributed by atoms with Crippen molar-refractivity contribution in [3.8, 4) is 0 Å². The van der Waals surface area contributed by atoms with E-state index in [2.05, 4.69) is 11.4 Å². The molecule has 0 aliphatic rings. The zero-order valence-electron chi connectivity index (χ0n) is 6.51. The Kier molecular flexibility index (Phi) is 3.48. The fraction of sp³-hybridized carbons (Fsp3) is 0.333. The Morgan fingerprint density at radius 3 is 2.73 bits per heavy atom. The van der Waals surface area contributed by atoms with Crippen LogP contribution in [0.4, 0.5) is 5.69 Å². The first-order chi connectivity index (χ1) is 5.43. The SMILES string of the molecule is NCCCNc1cc[c]cc1. The number of rotatable bonds is 4.